The molecule has 0 spiro atoms. The Bertz CT molecular complexity index is 646. The molecule has 4 nitrogen and oxygen atoms in total. The first-order valence-electron chi connectivity index (χ1n) is 8.38. The molecular weight excluding hydrogens is 306 g/mol. The molecule has 0 saturated heterocycles. The number of hydrogen-bond acceptors (Lipinski definition) is 4. The van der Waals surface area contributed by atoms with E-state index in [1.807, 2.05) is 25.3 Å². The van der Waals surface area contributed by atoms with Crippen molar-refractivity contribution in [2.45, 2.75) is 57.9 Å². The molecule has 1 N–H and O–H groups in total. The van der Waals surface area contributed by atoms with Crippen LogP contribution in [0.5, 0.6) is 0 Å². The normalized spacial score (nSPS) is 16.0. The van der Waals surface area contributed by atoms with Crippen LogP contribution in [0.2, 0.25) is 0 Å². The third kappa shape index (κ3) is 4.38. The molecule has 5 heteroatoms. The van der Waals surface area contributed by atoms with Crippen LogP contribution in [0.3, 0.4) is 0 Å². The topological polar surface area (TPSA) is 54.9 Å². The van der Waals surface area contributed by atoms with Crippen molar-refractivity contribution in [2.75, 3.05) is 0 Å². The lowest BCUT2D eigenvalue weighted by Gasteiger charge is -2.15. The van der Waals surface area contributed by atoms with E-state index in [1.54, 1.807) is 17.5 Å². The van der Waals surface area contributed by atoms with Crippen LogP contribution in [0, 0.1) is 6.92 Å². The Kier molecular flexibility index (Phi) is 5.39. The Labute approximate surface area is 141 Å². The lowest BCUT2D eigenvalue weighted by molar-refractivity contribution is -0.121. The van der Waals surface area contributed by atoms with Crippen molar-refractivity contribution in [3.8, 4) is 10.6 Å². The number of pyridine rings is 1. The number of rotatable bonds is 4. The van der Waals surface area contributed by atoms with Gasteiger partial charge in [0.2, 0.25) is 5.91 Å². The summed E-state index contributed by atoms with van der Waals surface area (Å²) in [6, 6.07) is 4.27. The number of carbonyl (C=O) groups is 1. The molecule has 0 unspecified atom stereocenters. The van der Waals surface area contributed by atoms with Crippen LogP contribution < -0.4 is 5.32 Å². The van der Waals surface area contributed by atoms with Gasteiger partial charge in [-0.25, -0.2) is 4.98 Å². The highest BCUT2D eigenvalue weighted by Crippen LogP contribution is 2.27. The molecule has 2 aromatic heterocycles. The van der Waals surface area contributed by atoms with Gasteiger partial charge in [-0.3, -0.25) is 9.78 Å². The maximum Gasteiger partial charge on any atom is 0.225 e. The van der Waals surface area contributed by atoms with Gasteiger partial charge < -0.3 is 5.32 Å². The second kappa shape index (κ2) is 7.68. The van der Waals surface area contributed by atoms with Crippen LogP contribution in [-0.2, 0) is 11.2 Å². The first kappa shape index (κ1) is 16.1. The first-order chi connectivity index (χ1) is 11.2. The minimum Gasteiger partial charge on any atom is -0.353 e. The Morgan fingerprint density at radius 2 is 2.09 bits per heavy atom. The molecule has 2 aromatic rings. The number of carbonyl (C=O) groups excluding carboxylic acids is 1. The summed E-state index contributed by atoms with van der Waals surface area (Å²) in [6.45, 7) is 1.98. The predicted octanol–water partition coefficient (Wildman–Crippen LogP) is 3.90. The highest BCUT2D eigenvalue weighted by molar-refractivity contribution is 7.15. The summed E-state index contributed by atoms with van der Waals surface area (Å²) in [5, 5.41) is 4.15. The summed E-state index contributed by atoms with van der Waals surface area (Å²) in [7, 11) is 0. The Hall–Kier alpha value is -1.75. The number of aromatic nitrogens is 2. The molecule has 3 rings (SSSR count). The number of thiazole rings is 1. The van der Waals surface area contributed by atoms with E-state index in [1.165, 1.54) is 25.7 Å². The summed E-state index contributed by atoms with van der Waals surface area (Å²) < 4.78 is 0. The van der Waals surface area contributed by atoms with E-state index in [0.717, 1.165) is 34.0 Å². The van der Waals surface area contributed by atoms with Gasteiger partial charge in [-0.1, -0.05) is 25.7 Å². The molecule has 0 bridgehead atoms. The predicted molar refractivity (Wildman–Crippen MR) is 93.4 cm³/mol. The Balaban J connectivity index is 1.63. The van der Waals surface area contributed by atoms with E-state index < -0.39 is 0 Å². The largest absolute Gasteiger partial charge is 0.353 e. The van der Waals surface area contributed by atoms with Crippen LogP contribution >= 0.6 is 11.3 Å². The van der Waals surface area contributed by atoms with E-state index in [9.17, 15) is 4.79 Å². The minimum atomic E-state index is 0.126. The van der Waals surface area contributed by atoms with E-state index in [2.05, 4.69) is 15.3 Å². The Morgan fingerprint density at radius 3 is 2.78 bits per heavy atom. The van der Waals surface area contributed by atoms with E-state index >= 15 is 0 Å². The number of nitrogens with zero attached hydrogens (tertiary/aromatic N) is 2. The zero-order valence-electron chi connectivity index (χ0n) is 13.5. The van der Waals surface area contributed by atoms with E-state index in [-0.39, 0.29) is 5.91 Å². The highest BCUT2D eigenvalue weighted by atomic mass is 32.1. The molecule has 23 heavy (non-hydrogen) atoms. The average Bonchev–Trinajstić information content (AvgIpc) is 2.75. The van der Waals surface area contributed by atoms with Crippen molar-refractivity contribution < 1.29 is 4.79 Å². The van der Waals surface area contributed by atoms with Crippen LogP contribution in [0.15, 0.2) is 24.5 Å². The average molecular weight is 329 g/mol. The van der Waals surface area contributed by atoms with Gasteiger partial charge in [-0.15, -0.1) is 11.3 Å². The second-order valence-corrected chi connectivity index (χ2v) is 7.29. The maximum absolute atomic E-state index is 12.3. The molecule has 2 heterocycles. The van der Waals surface area contributed by atoms with Crippen LogP contribution in [0.25, 0.3) is 10.6 Å². The molecule has 1 amide bonds. The van der Waals surface area contributed by atoms with Crippen molar-refractivity contribution in [1.82, 2.24) is 15.3 Å². The van der Waals surface area contributed by atoms with Gasteiger partial charge in [-0.05, 0) is 31.9 Å². The van der Waals surface area contributed by atoms with Crippen molar-refractivity contribution in [3.05, 3.63) is 35.1 Å². The smallest absolute Gasteiger partial charge is 0.225 e. The summed E-state index contributed by atoms with van der Waals surface area (Å²) in [6.07, 6.45) is 11.3. The number of hydrogen-bond donors (Lipinski definition) is 1. The van der Waals surface area contributed by atoms with Gasteiger partial charge in [-0.2, -0.15) is 0 Å². The zero-order chi connectivity index (χ0) is 16.1. The molecule has 1 aliphatic carbocycles. The fourth-order valence-electron chi connectivity index (χ4n) is 3.05. The molecule has 0 aromatic carbocycles. The SMILES string of the molecule is Cc1nc(-c2cccnc2)sc1CC(=O)NC1CCCCCC1. The van der Waals surface area contributed by atoms with Crippen molar-refractivity contribution in [3.63, 3.8) is 0 Å². The molecular formula is C18H23N3OS. The number of amides is 1. The summed E-state index contributed by atoms with van der Waals surface area (Å²) in [5.74, 6) is 0.126. The first-order valence-corrected chi connectivity index (χ1v) is 9.20. The van der Waals surface area contributed by atoms with E-state index in [0.29, 0.717) is 12.5 Å². The number of aryl methyl sites for hydroxylation is 1. The highest BCUT2D eigenvalue weighted by Gasteiger charge is 2.17. The standard InChI is InChI=1S/C18H23N3OS/c1-13-16(23-18(20-13)14-7-6-10-19-12-14)11-17(22)21-15-8-4-2-3-5-9-15/h6-7,10,12,15H,2-5,8-9,11H2,1H3,(H,21,22). The van der Waals surface area contributed by atoms with Crippen molar-refractivity contribution in [1.29, 1.82) is 0 Å². The minimum absolute atomic E-state index is 0.126. The van der Waals surface area contributed by atoms with Crippen LogP contribution in [0.4, 0.5) is 0 Å². The maximum atomic E-state index is 12.3. The second-order valence-electron chi connectivity index (χ2n) is 6.20. The van der Waals surface area contributed by atoms with E-state index in [4.69, 9.17) is 0 Å². The van der Waals surface area contributed by atoms with Crippen LogP contribution in [0.1, 0.15) is 49.1 Å². The van der Waals surface area contributed by atoms with Gasteiger partial charge in [0, 0.05) is 28.9 Å². The van der Waals surface area contributed by atoms with Gasteiger partial charge in [0.15, 0.2) is 0 Å². The third-order valence-electron chi connectivity index (χ3n) is 4.34. The van der Waals surface area contributed by atoms with Crippen molar-refractivity contribution >= 4 is 17.2 Å². The fourth-order valence-corrected chi connectivity index (χ4v) is 4.10. The lowest BCUT2D eigenvalue weighted by Crippen LogP contribution is -2.35. The molecule has 0 atom stereocenters. The molecule has 1 fully saturated rings. The number of nitrogens with one attached hydrogen (secondary N) is 1. The van der Waals surface area contributed by atoms with Gasteiger partial charge in [0.05, 0.1) is 12.1 Å². The van der Waals surface area contributed by atoms with Gasteiger partial charge in [0.25, 0.3) is 0 Å². The molecule has 0 aliphatic heterocycles. The molecule has 1 aliphatic rings. The monoisotopic (exact) mass is 329 g/mol. The molecule has 122 valence electrons. The van der Waals surface area contributed by atoms with Crippen molar-refractivity contribution in [2.24, 2.45) is 0 Å². The van der Waals surface area contributed by atoms with Gasteiger partial charge >= 0.3 is 0 Å². The summed E-state index contributed by atoms with van der Waals surface area (Å²) in [5.41, 5.74) is 1.96. The van der Waals surface area contributed by atoms with Crippen LogP contribution in [-0.4, -0.2) is 21.9 Å². The lowest BCUT2D eigenvalue weighted by atomic mass is 10.1. The summed E-state index contributed by atoms with van der Waals surface area (Å²) in [4.78, 5) is 22.1. The Morgan fingerprint density at radius 1 is 1.30 bits per heavy atom. The fraction of sp³-hybridized carbons (Fsp3) is 0.500. The van der Waals surface area contributed by atoms with Gasteiger partial charge in [0.1, 0.15) is 5.01 Å². The third-order valence-corrected chi connectivity index (χ3v) is 5.55. The summed E-state index contributed by atoms with van der Waals surface area (Å²) >= 11 is 1.60. The molecule has 1 saturated carbocycles. The quantitative estimate of drug-likeness (QED) is 0.866. The molecule has 0 radical (unpaired) electrons. The zero-order valence-corrected chi connectivity index (χ0v) is 14.4.